The van der Waals surface area contributed by atoms with Crippen molar-refractivity contribution in [1.29, 1.82) is 0 Å². The molecule has 12 aromatic rings. The smallest absolute Gasteiger partial charge is 0.169 e. The van der Waals surface area contributed by atoms with E-state index >= 15 is 0 Å². The monoisotopic (exact) mass is 712 g/mol. The number of nitrogens with zero attached hydrogens (tertiary/aromatic N) is 4. The normalized spacial score (nSPS) is 11.9. The molecule has 0 atom stereocenters. The summed E-state index contributed by atoms with van der Waals surface area (Å²) in [5.74, 6) is 0.829. The number of hydrogen-bond acceptors (Lipinski definition) is 2. The van der Waals surface area contributed by atoms with Crippen LogP contribution in [-0.2, 0) is 0 Å². The summed E-state index contributed by atoms with van der Waals surface area (Å²) in [6, 6.07) is 70.2. The first kappa shape index (κ1) is 30.9. The molecule has 0 aliphatic carbocycles. The van der Waals surface area contributed by atoms with Gasteiger partial charge in [-0.15, -0.1) is 10.2 Å². The zero-order valence-electron chi connectivity index (χ0n) is 30.3. The maximum absolute atomic E-state index is 4.78. The maximum atomic E-state index is 4.78. The Labute approximate surface area is 322 Å². The molecule has 0 bridgehead atoms. The fourth-order valence-electron chi connectivity index (χ4n) is 9.03. The minimum atomic E-state index is 0.829. The Morgan fingerprint density at radius 2 is 0.821 bits per heavy atom. The first-order valence-corrected chi connectivity index (χ1v) is 19.1. The fourth-order valence-corrected chi connectivity index (χ4v) is 9.03. The van der Waals surface area contributed by atoms with Crippen molar-refractivity contribution in [2.75, 3.05) is 0 Å². The van der Waals surface area contributed by atoms with Crippen LogP contribution >= 0.6 is 0 Å². The standard InChI is InChI=1S/C52H32N4/c1-3-15-39-33(11-1)13-9-20-41(39)36-25-29-49-46(31-36)47-32-37(42-21-10-14-34-12-2-4-16-40(34)42)26-30-50(47)55(49)38-27-23-35(24-28-38)51-53-54-52-45-19-6-5-17-43(45)44-18-7-8-22-48(44)56(51)52/h1-32H. The topological polar surface area (TPSA) is 35.1 Å². The van der Waals surface area contributed by atoms with Gasteiger partial charge in [-0.3, -0.25) is 4.40 Å². The molecular weight excluding hydrogens is 681 g/mol. The summed E-state index contributed by atoms with van der Waals surface area (Å²) in [6.07, 6.45) is 0. The fraction of sp³-hybridized carbons (Fsp3) is 0. The molecule has 0 saturated heterocycles. The van der Waals surface area contributed by atoms with Crippen molar-refractivity contribution < 1.29 is 0 Å². The van der Waals surface area contributed by atoms with Crippen LogP contribution in [0, 0.1) is 0 Å². The zero-order valence-corrected chi connectivity index (χ0v) is 30.3. The average molecular weight is 713 g/mol. The Balaban J connectivity index is 1.06. The molecule has 0 fully saturated rings. The van der Waals surface area contributed by atoms with Gasteiger partial charge in [-0.25, -0.2) is 0 Å². The van der Waals surface area contributed by atoms with E-state index in [1.807, 2.05) is 0 Å². The van der Waals surface area contributed by atoms with E-state index in [4.69, 9.17) is 10.2 Å². The Hall–Kier alpha value is -7.56. The van der Waals surface area contributed by atoms with Crippen molar-refractivity contribution in [2.45, 2.75) is 0 Å². The SMILES string of the molecule is c1ccc2c(-c3ccc4c(c3)c3cc(-c5cccc6ccccc56)ccc3n4-c3ccc(-c4nnc5c6ccccc6c6ccccc6n45)cc3)cccc2c1. The lowest BCUT2D eigenvalue weighted by Crippen LogP contribution is -1.96. The number of benzene rings is 9. The van der Waals surface area contributed by atoms with E-state index in [1.165, 1.54) is 65.3 Å². The molecule has 0 amide bonds. The molecule has 0 unspecified atom stereocenters. The van der Waals surface area contributed by atoms with Crippen LogP contribution in [0.3, 0.4) is 0 Å². The molecule has 0 spiro atoms. The first-order chi connectivity index (χ1) is 27.8. The van der Waals surface area contributed by atoms with E-state index in [-0.39, 0.29) is 0 Å². The Kier molecular flexibility index (Phi) is 6.60. The van der Waals surface area contributed by atoms with Crippen molar-refractivity contribution in [1.82, 2.24) is 19.2 Å². The number of aromatic nitrogens is 4. The molecule has 0 aliphatic heterocycles. The van der Waals surface area contributed by atoms with Gasteiger partial charge < -0.3 is 4.57 Å². The van der Waals surface area contributed by atoms with Gasteiger partial charge in [0, 0.05) is 32.8 Å². The number of hydrogen-bond donors (Lipinski definition) is 0. The predicted molar refractivity (Wildman–Crippen MR) is 234 cm³/mol. The molecule has 3 heterocycles. The highest BCUT2D eigenvalue weighted by Gasteiger charge is 2.18. The van der Waals surface area contributed by atoms with Crippen LogP contribution in [-0.4, -0.2) is 19.2 Å². The van der Waals surface area contributed by atoms with Gasteiger partial charge in [0.05, 0.1) is 16.6 Å². The highest BCUT2D eigenvalue weighted by molar-refractivity contribution is 6.14. The lowest BCUT2D eigenvalue weighted by molar-refractivity contribution is 1.11. The second-order valence-corrected chi connectivity index (χ2v) is 14.6. The third kappa shape index (κ3) is 4.53. The minimum Gasteiger partial charge on any atom is -0.309 e. The Bertz CT molecular complexity index is 3390. The summed E-state index contributed by atoms with van der Waals surface area (Å²) in [6.45, 7) is 0. The minimum absolute atomic E-state index is 0.829. The van der Waals surface area contributed by atoms with Crippen LogP contribution in [0.5, 0.6) is 0 Å². The third-order valence-electron chi connectivity index (χ3n) is 11.6. The van der Waals surface area contributed by atoms with Gasteiger partial charge in [-0.1, -0.05) is 140 Å². The van der Waals surface area contributed by atoms with Crippen molar-refractivity contribution in [3.63, 3.8) is 0 Å². The lowest BCUT2D eigenvalue weighted by Gasteiger charge is -2.12. The summed E-state index contributed by atoms with van der Waals surface area (Å²) in [5, 5.41) is 20.4. The molecule has 3 aromatic heterocycles. The van der Waals surface area contributed by atoms with E-state index in [9.17, 15) is 0 Å². The van der Waals surface area contributed by atoms with Crippen LogP contribution in [0.15, 0.2) is 194 Å². The molecule has 9 aromatic carbocycles. The summed E-state index contributed by atoms with van der Waals surface area (Å²) >= 11 is 0. The first-order valence-electron chi connectivity index (χ1n) is 19.1. The predicted octanol–water partition coefficient (Wildman–Crippen LogP) is 13.4. The molecule has 0 N–H and O–H groups in total. The van der Waals surface area contributed by atoms with E-state index in [1.54, 1.807) is 0 Å². The Morgan fingerprint density at radius 3 is 1.45 bits per heavy atom. The molecule has 0 radical (unpaired) electrons. The van der Waals surface area contributed by atoms with E-state index in [0.717, 1.165) is 44.7 Å². The number of fused-ring (bicyclic) bond motifs is 11. The summed E-state index contributed by atoms with van der Waals surface area (Å²) in [5.41, 5.74) is 11.3. The quantitative estimate of drug-likeness (QED) is 0.170. The molecule has 0 aliphatic rings. The molecule has 4 heteroatoms. The summed E-state index contributed by atoms with van der Waals surface area (Å²) in [7, 11) is 0. The van der Waals surface area contributed by atoms with Crippen molar-refractivity contribution in [2.24, 2.45) is 0 Å². The highest BCUT2D eigenvalue weighted by Crippen LogP contribution is 2.40. The van der Waals surface area contributed by atoms with Gasteiger partial charge in [0.1, 0.15) is 0 Å². The molecular formula is C52H32N4. The second-order valence-electron chi connectivity index (χ2n) is 14.6. The third-order valence-corrected chi connectivity index (χ3v) is 11.6. The second kappa shape index (κ2) is 12.0. The molecule has 0 saturated carbocycles. The summed E-state index contributed by atoms with van der Waals surface area (Å²) in [4.78, 5) is 0. The van der Waals surface area contributed by atoms with Gasteiger partial charge in [0.25, 0.3) is 0 Å². The number of para-hydroxylation sites is 1. The lowest BCUT2D eigenvalue weighted by atomic mass is 9.95. The van der Waals surface area contributed by atoms with E-state index in [0.29, 0.717) is 0 Å². The summed E-state index contributed by atoms with van der Waals surface area (Å²) < 4.78 is 4.61. The van der Waals surface area contributed by atoms with Gasteiger partial charge in [-0.2, -0.15) is 0 Å². The molecule has 56 heavy (non-hydrogen) atoms. The van der Waals surface area contributed by atoms with Crippen LogP contribution in [0.4, 0.5) is 0 Å². The maximum Gasteiger partial charge on any atom is 0.169 e. The van der Waals surface area contributed by atoms with Crippen molar-refractivity contribution >= 4 is 70.7 Å². The van der Waals surface area contributed by atoms with Gasteiger partial charge in [-0.05, 0) is 104 Å². The Morgan fingerprint density at radius 1 is 0.321 bits per heavy atom. The van der Waals surface area contributed by atoms with E-state index < -0.39 is 0 Å². The van der Waals surface area contributed by atoms with Crippen LogP contribution < -0.4 is 0 Å². The number of rotatable bonds is 4. The van der Waals surface area contributed by atoms with Gasteiger partial charge >= 0.3 is 0 Å². The van der Waals surface area contributed by atoms with Crippen molar-refractivity contribution in [3.05, 3.63) is 194 Å². The largest absolute Gasteiger partial charge is 0.309 e. The number of pyridine rings is 1. The van der Waals surface area contributed by atoms with Gasteiger partial charge in [0.15, 0.2) is 11.5 Å². The van der Waals surface area contributed by atoms with Crippen LogP contribution in [0.25, 0.3) is 110 Å². The molecule has 260 valence electrons. The van der Waals surface area contributed by atoms with Crippen LogP contribution in [0.2, 0.25) is 0 Å². The average Bonchev–Trinajstić information content (AvgIpc) is 3.86. The van der Waals surface area contributed by atoms with Gasteiger partial charge in [0.2, 0.25) is 0 Å². The molecule has 12 rings (SSSR count). The molecule has 4 nitrogen and oxygen atoms in total. The highest BCUT2D eigenvalue weighted by atomic mass is 15.2. The zero-order chi connectivity index (χ0) is 36.7. The van der Waals surface area contributed by atoms with E-state index in [2.05, 4.69) is 203 Å². The van der Waals surface area contributed by atoms with Crippen molar-refractivity contribution in [3.8, 4) is 39.3 Å². The van der Waals surface area contributed by atoms with Crippen LogP contribution in [0.1, 0.15) is 0 Å².